The van der Waals surface area contributed by atoms with Crippen LogP contribution in [0.1, 0.15) is 5.56 Å². The molecule has 0 radical (unpaired) electrons. The molecule has 0 unspecified atom stereocenters. The van der Waals surface area contributed by atoms with Crippen LogP contribution in [0, 0.1) is 0 Å². The van der Waals surface area contributed by atoms with Gasteiger partial charge in [0.1, 0.15) is 0 Å². The number of rotatable bonds is 5. The maximum atomic E-state index is 5.23. The van der Waals surface area contributed by atoms with E-state index in [0.717, 1.165) is 50.6 Å². The summed E-state index contributed by atoms with van der Waals surface area (Å²) < 4.78 is 2.23. The van der Waals surface area contributed by atoms with Crippen LogP contribution in [0.4, 0.5) is 17.1 Å². The van der Waals surface area contributed by atoms with Gasteiger partial charge >= 0.3 is 0 Å². The number of nitrogens with zero attached hydrogens (tertiary/aromatic N) is 5. The molecular formula is C42H29N5. The summed E-state index contributed by atoms with van der Waals surface area (Å²) in [6, 6.07) is 52.9. The van der Waals surface area contributed by atoms with Crippen molar-refractivity contribution in [2.24, 2.45) is 4.99 Å². The van der Waals surface area contributed by atoms with Crippen molar-refractivity contribution in [2.75, 3.05) is 4.90 Å². The summed E-state index contributed by atoms with van der Waals surface area (Å²) in [6.07, 6.45) is 0. The second kappa shape index (κ2) is 10.9. The smallest absolute Gasteiger partial charge is 0.235 e. The van der Waals surface area contributed by atoms with E-state index >= 15 is 0 Å². The lowest BCUT2D eigenvalue weighted by atomic mass is 9.91. The van der Waals surface area contributed by atoms with E-state index < -0.39 is 0 Å². The van der Waals surface area contributed by atoms with E-state index in [1.165, 1.54) is 27.5 Å². The Labute approximate surface area is 272 Å². The van der Waals surface area contributed by atoms with Crippen LogP contribution >= 0.6 is 0 Å². The largest absolute Gasteiger partial charge is 0.335 e. The van der Waals surface area contributed by atoms with E-state index in [1.54, 1.807) is 0 Å². The molecule has 3 heterocycles. The highest BCUT2D eigenvalue weighted by Crippen LogP contribution is 2.47. The normalized spacial score (nSPS) is 12.2. The van der Waals surface area contributed by atoms with Gasteiger partial charge in [0.05, 0.1) is 33.8 Å². The van der Waals surface area contributed by atoms with Gasteiger partial charge in [0.15, 0.2) is 0 Å². The summed E-state index contributed by atoms with van der Waals surface area (Å²) in [5.74, 6) is 0.646. The number of hydrogen-bond donors (Lipinski definition) is 0. The quantitative estimate of drug-likeness (QED) is 0.184. The first kappa shape index (κ1) is 27.0. The Morgan fingerprint density at radius 3 is 1.87 bits per heavy atom. The number of fused-ring (bicyclic) bond motifs is 6. The summed E-state index contributed by atoms with van der Waals surface area (Å²) >= 11 is 0. The van der Waals surface area contributed by atoms with Gasteiger partial charge in [-0.25, -0.2) is 9.97 Å². The van der Waals surface area contributed by atoms with Crippen LogP contribution in [-0.2, 0) is 6.54 Å². The Morgan fingerprint density at radius 1 is 0.532 bits per heavy atom. The van der Waals surface area contributed by atoms with Gasteiger partial charge in [0.2, 0.25) is 5.95 Å². The maximum Gasteiger partial charge on any atom is 0.235 e. The van der Waals surface area contributed by atoms with Gasteiger partial charge in [-0.1, -0.05) is 109 Å². The molecule has 0 saturated heterocycles. The SMILES string of the molecule is C=Nc1ccccc1N1Cc2cc3c4ccccc4n(-c4nc(-c5ccccc5)cc(-c5ccccc5)n4)c3cc2-c2ccccc21. The molecule has 0 bridgehead atoms. The molecule has 2 aromatic heterocycles. The highest BCUT2D eigenvalue weighted by molar-refractivity contribution is 6.11. The van der Waals surface area contributed by atoms with Crippen LogP contribution in [0.5, 0.6) is 0 Å². The monoisotopic (exact) mass is 603 g/mol. The van der Waals surface area contributed by atoms with Crippen LogP contribution in [0.3, 0.4) is 0 Å². The Bertz CT molecular complexity index is 2400. The number of para-hydroxylation sites is 4. The van der Waals surface area contributed by atoms with Gasteiger partial charge in [0, 0.05) is 39.7 Å². The predicted octanol–water partition coefficient (Wildman–Crippen LogP) is 10.6. The Balaban J connectivity index is 1.31. The van der Waals surface area contributed by atoms with E-state index in [-0.39, 0.29) is 0 Å². The Hall–Kier alpha value is -6.33. The molecule has 0 N–H and O–H groups in total. The fraction of sp³-hybridized carbons (Fsp3) is 0.0238. The van der Waals surface area contributed by atoms with Crippen molar-refractivity contribution in [1.29, 1.82) is 0 Å². The van der Waals surface area contributed by atoms with Crippen LogP contribution in [0.15, 0.2) is 157 Å². The minimum Gasteiger partial charge on any atom is -0.335 e. The summed E-state index contributed by atoms with van der Waals surface area (Å²) in [5.41, 5.74) is 12.7. The number of anilines is 2. The average Bonchev–Trinajstić information content (AvgIpc) is 3.47. The first-order valence-corrected chi connectivity index (χ1v) is 15.8. The topological polar surface area (TPSA) is 46.3 Å². The second-order valence-corrected chi connectivity index (χ2v) is 11.8. The lowest BCUT2D eigenvalue weighted by Crippen LogP contribution is -2.21. The number of aliphatic imine (C=N–C) groups is 1. The fourth-order valence-electron chi connectivity index (χ4n) is 6.94. The molecule has 222 valence electrons. The van der Waals surface area contributed by atoms with Crippen molar-refractivity contribution >= 4 is 45.6 Å². The molecule has 0 amide bonds. The molecular weight excluding hydrogens is 574 g/mol. The molecule has 0 fully saturated rings. The summed E-state index contributed by atoms with van der Waals surface area (Å²) in [7, 11) is 0. The summed E-state index contributed by atoms with van der Waals surface area (Å²) in [4.78, 5) is 17.2. The molecule has 6 aromatic carbocycles. The fourth-order valence-corrected chi connectivity index (χ4v) is 6.94. The molecule has 5 nitrogen and oxygen atoms in total. The van der Waals surface area contributed by atoms with Gasteiger partial charge < -0.3 is 4.90 Å². The minimum absolute atomic E-state index is 0.646. The standard InChI is InChI=1S/C42H29N5/c1-43-35-20-10-13-23-40(35)46-27-30-24-34-32-19-9-12-22-39(32)47(41(34)25-33(30)31-18-8-11-21-38(31)46)42-44-36(28-14-4-2-5-15-28)26-37(45-42)29-16-6-3-7-17-29/h2-26H,1,27H2. The van der Waals surface area contributed by atoms with E-state index in [2.05, 4.69) is 149 Å². The zero-order chi connectivity index (χ0) is 31.3. The lowest BCUT2D eigenvalue weighted by molar-refractivity contribution is 0.961. The number of aromatic nitrogens is 3. The predicted molar refractivity (Wildman–Crippen MR) is 194 cm³/mol. The number of benzene rings is 6. The number of hydrogen-bond acceptors (Lipinski definition) is 4. The third kappa shape index (κ3) is 4.43. The van der Waals surface area contributed by atoms with Crippen LogP contribution in [0.2, 0.25) is 0 Å². The lowest BCUT2D eigenvalue weighted by Gasteiger charge is -2.33. The minimum atomic E-state index is 0.646. The molecule has 8 aromatic rings. The molecule has 47 heavy (non-hydrogen) atoms. The van der Waals surface area contributed by atoms with E-state index in [0.29, 0.717) is 12.5 Å². The van der Waals surface area contributed by atoms with Crippen molar-refractivity contribution in [2.45, 2.75) is 6.54 Å². The Morgan fingerprint density at radius 2 is 1.15 bits per heavy atom. The third-order valence-corrected chi connectivity index (χ3v) is 9.11. The van der Waals surface area contributed by atoms with Crippen molar-refractivity contribution in [1.82, 2.24) is 14.5 Å². The third-order valence-electron chi connectivity index (χ3n) is 9.11. The first-order valence-electron chi connectivity index (χ1n) is 15.8. The average molecular weight is 604 g/mol. The van der Waals surface area contributed by atoms with Crippen molar-refractivity contribution in [3.63, 3.8) is 0 Å². The van der Waals surface area contributed by atoms with Crippen molar-refractivity contribution < 1.29 is 0 Å². The molecule has 9 rings (SSSR count). The van der Waals surface area contributed by atoms with Gasteiger partial charge in [-0.15, -0.1) is 0 Å². The Kier molecular flexibility index (Phi) is 6.28. The van der Waals surface area contributed by atoms with E-state index in [4.69, 9.17) is 9.97 Å². The molecule has 0 saturated carbocycles. The summed E-state index contributed by atoms with van der Waals surface area (Å²) in [5, 5.41) is 2.34. The molecule has 1 aliphatic rings. The molecule has 5 heteroatoms. The summed E-state index contributed by atoms with van der Waals surface area (Å²) in [6.45, 7) is 4.57. The van der Waals surface area contributed by atoms with Crippen LogP contribution in [-0.4, -0.2) is 21.3 Å². The van der Waals surface area contributed by atoms with Crippen LogP contribution < -0.4 is 4.90 Å². The zero-order valence-electron chi connectivity index (χ0n) is 25.6. The highest BCUT2D eigenvalue weighted by atomic mass is 15.2. The van der Waals surface area contributed by atoms with Gasteiger partial charge in [-0.05, 0) is 60.3 Å². The van der Waals surface area contributed by atoms with Gasteiger partial charge in [-0.2, -0.15) is 0 Å². The second-order valence-electron chi connectivity index (χ2n) is 11.8. The first-order chi connectivity index (χ1) is 23.3. The molecule has 0 atom stereocenters. The van der Waals surface area contributed by atoms with E-state index in [1.807, 2.05) is 24.3 Å². The zero-order valence-corrected chi connectivity index (χ0v) is 25.6. The highest BCUT2D eigenvalue weighted by Gasteiger charge is 2.27. The van der Waals surface area contributed by atoms with Crippen molar-refractivity contribution in [3.05, 3.63) is 157 Å². The van der Waals surface area contributed by atoms with Crippen LogP contribution in [0.25, 0.3) is 61.4 Å². The van der Waals surface area contributed by atoms with Gasteiger partial charge in [0.25, 0.3) is 0 Å². The molecule has 1 aliphatic heterocycles. The van der Waals surface area contributed by atoms with E-state index in [9.17, 15) is 0 Å². The molecule has 0 spiro atoms. The van der Waals surface area contributed by atoms with Crippen molar-refractivity contribution in [3.8, 4) is 39.6 Å². The molecule has 0 aliphatic carbocycles. The van der Waals surface area contributed by atoms with Gasteiger partial charge in [-0.3, -0.25) is 9.56 Å². The maximum absolute atomic E-state index is 5.23.